The molecule has 0 saturated carbocycles. The number of nitrogens with zero attached hydrogens (tertiary/aromatic N) is 1. The highest BCUT2D eigenvalue weighted by molar-refractivity contribution is 5.98. The molecule has 0 spiro atoms. The van der Waals surface area contributed by atoms with Gasteiger partial charge < -0.3 is 10.6 Å². The Labute approximate surface area is 109 Å². The molecule has 1 unspecified atom stereocenters. The summed E-state index contributed by atoms with van der Waals surface area (Å²) < 4.78 is 0. The third-order valence-electron chi connectivity index (χ3n) is 3.54. The van der Waals surface area contributed by atoms with Gasteiger partial charge in [-0.25, -0.2) is 0 Å². The molecule has 1 aliphatic heterocycles. The molecule has 18 heavy (non-hydrogen) atoms. The average molecular weight is 246 g/mol. The van der Waals surface area contributed by atoms with E-state index < -0.39 is 0 Å². The monoisotopic (exact) mass is 246 g/mol. The first-order chi connectivity index (χ1) is 8.63. The second-order valence-electron chi connectivity index (χ2n) is 5.12. The standard InChI is InChI=1S/C15H22N2O/c1-3-5-13(16)15(18)17-9-4-6-12-8-7-11(2)10-14(12)17/h7-8,10,13H,3-6,9,16H2,1-2H3. The maximum atomic E-state index is 12.4. The molecule has 0 aromatic heterocycles. The Kier molecular flexibility index (Phi) is 4.02. The fraction of sp³-hybridized carbons (Fsp3) is 0.533. The first-order valence-electron chi connectivity index (χ1n) is 6.80. The molecular formula is C15H22N2O. The average Bonchev–Trinajstić information content (AvgIpc) is 2.37. The minimum Gasteiger partial charge on any atom is -0.320 e. The fourth-order valence-electron chi connectivity index (χ4n) is 2.55. The van der Waals surface area contributed by atoms with E-state index in [4.69, 9.17) is 5.73 Å². The van der Waals surface area contributed by atoms with Gasteiger partial charge in [-0.15, -0.1) is 0 Å². The van der Waals surface area contributed by atoms with Crippen LogP contribution in [0.15, 0.2) is 18.2 Å². The van der Waals surface area contributed by atoms with Crippen LogP contribution in [-0.4, -0.2) is 18.5 Å². The van der Waals surface area contributed by atoms with Crippen molar-refractivity contribution in [1.29, 1.82) is 0 Å². The predicted octanol–water partition coefficient (Wildman–Crippen LogP) is 2.40. The van der Waals surface area contributed by atoms with Crippen molar-refractivity contribution < 1.29 is 4.79 Å². The van der Waals surface area contributed by atoms with Crippen molar-refractivity contribution >= 4 is 11.6 Å². The van der Waals surface area contributed by atoms with Crippen LogP contribution in [-0.2, 0) is 11.2 Å². The van der Waals surface area contributed by atoms with Crippen LogP contribution in [0, 0.1) is 6.92 Å². The molecule has 98 valence electrons. The molecule has 0 fully saturated rings. The lowest BCUT2D eigenvalue weighted by Crippen LogP contribution is -2.46. The second-order valence-corrected chi connectivity index (χ2v) is 5.12. The van der Waals surface area contributed by atoms with Gasteiger partial charge in [-0.05, 0) is 43.4 Å². The minimum absolute atomic E-state index is 0.0726. The number of hydrogen-bond donors (Lipinski definition) is 1. The van der Waals surface area contributed by atoms with Crippen molar-refractivity contribution in [2.45, 2.75) is 45.6 Å². The summed E-state index contributed by atoms with van der Waals surface area (Å²) in [6.45, 7) is 4.91. The van der Waals surface area contributed by atoms with Gasteiger partial charge in [0.1, 0.15) is 0 Å². The Balaban J connectivity index is 2.26. The summed E-state index contributed by atoms with van der Waals surface area (Å²) in [5.41, 5.74) is 9.49. The normalized spacial score (nSPS) is 16.3. The number of hydrogen-bond acceptors (Lipinski definition) is 2. The molecule has 1 amide bonds. The van der Waals surface area contributed by atoms with E-state index in [1.165, 1.54) is 11.1 Å². The number of benzene rings is 1. The summed E-state index contributed by atoms with van der Waals surface area (Å²) in [6, 6.07) is 5.99. The molecule has 1 aliphatic rings. The van der Waals surface area contributed by atoms with Crippen molar-refractivity contribution in [3.05, 3.63) is 29.3 Å². The second kappa shape index (κ2) is 5.53. The maximum Gasteiger partial charge on any atom is 0.243 e. The molecular weight excluding hydrogens is 224 g/mol. The third-order valence-corrected chi connectivity index (χ3v) is 3.54. The highest BCUT2D eigenvalue weighted by Gasteiger charge is 2.26. The van der Waals surface area contributed by atoms with Crippen LogP contribution in [0.4, 0.5) is 5.69 Å². The van der Waals surface area contributed by atoms with Gasteiger partial charge >= 0.3 is 0 Å². The molecule has 0 bridgehead atoms. The summed E-state index contributed by atoms with van der Waals surface area (Å²) in [5.74, 6) is 0.0726. The highest BCUT2D eigenvalue weighted by Crippen LogP contribution is 2.28. The van der Waals surface area contributed by atoms with E-state index in [9.17, 15) is 4.79 Å². The summed E-state index contributed by atoms with van der Waals surface area (Å²) in [6.07, 6.45) is 3.79. The predicted molar refractivity (Wildman–Crippen MR) is 74.7 cm³/mol. The van der Waals surface area contributed by atoms with Crippen LogP contribution in [0.2, 0.25) is 0 Å². The van der Waals surface area contributed by atoms with E-state index in [0.717, 1.165) is 37.9 Å². The maximum absolute atomic E-state index is 12.4. The largest absolute Gasteiger partial charge is 0.320 e. The lowest BCUT2D eigenvalue weighted by Gasteiger charge is -2.31. The van der Waals surface area contributed by atoms with Gasteiger partial charge in [0.15, 0.2) is 0 Å². The number of amides is 1. The summed E-state index contributed by atoms with van der Waals surface area (Å²) >= 11 is 0. The van der Waals surface area contributed by atoms with E-state index in [1.54, 1.807) is 0 Å². The molecule has 0 saturated heterocycles. The Hall–Kier alpha value is -1.35. The number of nitrogens with two attached hydrogens (primary N) is 1. The van der Waals surface area contributed by atoms with E-state index in [-0.39, 0.29) is 11.9 Å². The Bertz CT molecular complexity index is 442. The highest BCUT2D eigenvalue weighted by atomic mass is 16.2. The topological polar surface area (TPSA) is 46.3 Å². The zero-order valence-electron chi connectivity index (χ0n) is 11.3. The Morgan fingerprint density at radius 2 is 2.28 bits per heavy atom. The van der Waals surface area contributed by atoms with Crippen molar-refractivity contribution in [2.75, 3.05) is 11.4 Å². The van der Waals surface area contributed by atoms with Gasteiger partial charge in [-0.1, -0.05) is 25.5 Å². The third kappa shape index (κ3) is 2.56. The van der Waals surface area contributed by atoms with E-state index >= 15 is 0 Å². The lowest BCUT2D eigenvalue weighted by molar-refractivity contribution is -0.120. The molecule has 1 aromatic rings. The number of rotatable bonds is 3. The van der Waals surface area contributed by atoms with Gasteiger partial charge in [0, 0.05) is 12.2 Å². The zero-order chi connectivity index (χ0) is 13.1. The molecule has 1 atom stereocenters. The lowest BCUT2D eigenvalue weighted by atomic mass is 9.98. The van der Waals surface area contributed by atoms with Gasteiger partial charge in [-0.2, -0.15) is 0 Å². The Morgan fingerprint density at radius 1 is 1.50 bits per heavy atom. The molecule has 1 heterocycles. The number of aryl methyl sites for hydroxylation is 2. The number of anilines is 1. The van der Waals surface area contributed by atoms with E-state index in [1.807, 2.05) is 4.90 Å². The quantitative estimate of drug-likeness (QED) is 0.890. The first-order valence-corrected chi connectivity index (χ1v) is 6.80. The van der Waals surface area contributed by atoms with Crippen molar-refractivity contribution in [3.63, 3.8) is 0 Å². The summed E-state index contributed by atoms with van der Waals surface area (Å²) in [5, 5.41) is 0. The number of carbonyl (C=O) groups is 1. The molecule has 0 radical (unpaired) electrons. The van der Waals surface area contributed by atoms with Crippen LogP contribution in [0.3, 0.4) is 0 Å². The SMILES string of the molecule is CCCC(N)C(=O)N1CCCc2ccc(C)cc21. The summed E-state index contributed by atoms with van der Waals surface area (Å²) in [4.78, 5) is 14.2. The molecule has 3 heteroatoms. The van der Waals surface area contributed by atoms with Crippen LogP contribution in [0.1, 0.15) is 37.3 Å². The first kappa shape index (κ1) is 13.1. The van der Waals surface area contributed by atoms with Gasteiger partial charge in [0.2, 0.25) is 5.91 Å². The fourth-order valence-corrected chi connectivity index (χ4v) is 2.55. The van der Waals surface area contributed by atoms with E-state index in [2.05, 4.69) is 32.0 Å². The number of fused-ring (bicyclic) bond motifs is 1. The smallest absolute Gasteiger partial charge is 0.243 e. The summed E-state index contributed by atoms with van der Waals surface area (Å²) in [7, 11) is 0. The van der Waals surface area contributed by atoms with Gasteiger partial charge in [-0.3, -0.25) is 4.79 Å². The Morgan fingerprint density at radius 3 is 3.00 bits per heavy atom. The minimum atomic E-state index is -0.360. The van der Waals surface area contributed by atoms with Gasteiger partial charge in [0.05, 0.1) is 6.04 Å². The van der Waals surface area contributed by atoms with Crippen molar-refractivity contribution in [1.82, 2.24) is 0 Å². The molecule has 2 N–H and O–H groups in total. The van der Waals surface area contributed by atoms with Crippen molar-refractivity contribution in [2.24, 2.45) is 5.73 Å². The van der Waals surface area contributed by atoms with Crippen LogP contribution >= 0.6 is 0 Å². The number of carbonyl (C=O) groups excluding carboxylic acids is 1. The van der Waals surface area contributed by atoms with Crippen LogP contribution in [0.25, 0.3) is 0 Å². The molecule has 1 aromatic carbocycles. The van der Waals surface area contributed by atoms with Gasteiger partial charge in [0.25, 0.3) is 0 Å². The van der Waals surface area contributed by atoms with Crippen LogP contribution in [0.5, 0.6) is 0 Å². The molecule has 2 rings (SSSR count). The molecule has 3 nitrogen and oxygen atoms in total. The van der Waals surface area contributed by atoms with E-state index in [0.29, 0.717) is 0 Å². The zero-order valence-corrected chi connectivity index (χ0v) is 11.3. The molecule has 0 aliphatic carbocycles. The van der Waals surface area contributed by atoms with Crippen LogP contribution < -0.4 is 10.6 Å². The van der Waals surface area contributed by atoms with Crippen molar-refractivity contribution in [3.8, 4) is 0 Å².